The van der Waals surface area contributed by atoms with Gasteiger partial charge in [-0.2, -0.15) is 0 Å². The van der Waals surface area contributed by atoms with Crippen LogP contribution in [0.5, 0.6) is 11.5 Å². The minimum absolute atomic E-state index is 0.104. The summed E-state index contributed by atoms with van der Waals surface area (Å²) in [7, 11) is -0.963. The molecule has 0 aliphatic rings. The molecule has 1 atom stereocenters. The Bertz CT molecular complexity index is 1170. The van der Waals surface area contributed by atoms with Crippen molar-refractivity contribution in [2.45, 2.75) is 39.8 Å². The van der Waals surface area contributed by atoms with Crippen molar-refractivity contribution in [3.63, 3.8) is 0 Å². The molecule has 9 nitrogen and oxygen atoms in total. The molecule has 2 aromatic carbocycles. The Morgan fingerprint density at radius 1 is 1.03 bits per heavy atom. The molecule has 204 valence electrons. The molecule has 0 fully saturated rings. The minimum Gasteiger partial charge on any atom is -0.493 e. The largest absolute Gasteiger partial charge is 0.493 e. The van der Waals surface area contributed by atoms with Gasteiger partial charge in [0, 0.05) is 24.2 Å². The molecule has 0 heterocycles. The topological polar surface area (TPSA) is 105 Å². The minimum atomic E-state index is -3.87. The van der Waals surface area contributed by atoms with Gasteiger partial charge in [-0.25, -0.2) is 8.42 Å². The number of carbonyl (C=O) groups is 2. The van der Waals surface area contributed by atoms with E-state index in [9.17, 15) is 18.0 Å². The van der Waals surface area contributed by atoms with Crippen molar-refractivity contribution >= 4 is 39.1 Å². The molecule has 0 saturated carbocycles. The first-order valence-corrected chi connectivity index (χ1v) is 14.1. The third kappa shape index (κ3) is 8.53. The lowest BCUT2D eigenvalue weighted by Crippen LogP contribution is -2.52. The van der Waals surface area contributed by atoms with Gasteiger partial charge >= 0.3 is 0 Å². The molecule has 0 aliphatic carbocycles. The van der Waals surface area contributed by atoms with Crippen molar-refractivity contribution in [3.8, 4) is 11.5 Å². The smallest absolute Gasteiger partial charge is 0.244 e. The predicted octanol–water partition coefficient (Wildman–Crippen LogP) is 3.70. The first kappa shape index (κ1) is 30.2. The molecule has 37 heavy (non-hydrogen) atoms. The highest BCUT2D eigenvalue weighted by Crippen LogP contribution is 2.32. The van der Waals surface area contributed by atoms with E-state index in [0.29, 0.717) is 29.5 Å². The van der Waals surface area contributed by atoms with Crippen LogP contribution in [0.2, 0.25) is 5.02 Å². The molecule has 0 aromatic heterocycles. The van der Waals surface area contributed by atoms with E-state index in [1.54, 1.807) is 30.3 Å². The monoisotopic (exact) mass is 553 g/mol. The number of rotatable bonds is 13. The summed E-state index contributed by atoms with van der Waals surface area (Å²) in [6, 6.07) is 10.7. The van der Waals surface area contributed by atoms with Crippen LogP contribution in [0.3, 0.4) is 0 Å². The maximum absolute atomic E-state index is 13.7. The van der Waals surface area contributed by atoms with Gasteiger partial charge in [0.25, 0.3) is 0 Å². The van der Waals surface area contributed by atoms with Crippen LogP contribution in [-0.2, 0) is 26.2 Å². The molecule has 2 amide bonds. The van der Waals surface area contributed by atoms with Crippen molar-refractivity contribution in [2.24, 2.45) is 5.92 Å². The van der Waals surface area contributed by atoms with Gasteiger partial charge in [0.05, 0.1) is 26.2 Å². The number of benzene rings is 2. The molecular weight excluding hydrogens is 518 g/mol. The quantitative estimate of drug-likeness (QED) is 0.405. The van der Waals surface area contributed by atoms with Crippen LogP contribution in [0, 0.1) is 5.92 Å². The summed E-state index contributed by atoms with van der Waals surface area (Å²) >= 11 is 6.02. The van der Waals surface area contributed by atoms with E-state index in [2.05, 4.69) is 5.32 Å². The van der Waals surface area contributed by atoms with E-state index >= 15 is 0 Å². The second-order valence-electron chi connectivity index (χ2n) is 9.02. The van der Waals surface area contributed by atoms with Gasteiger partial charge in [-0.15, -0.1) is 0 Å². The normalized spacial score (nSPS) is 12.1. The predicted molar refractivity (Wildman–Crippen MR) is 146 cm³/mol. The molecule has 11 heteroatoms. The zero-order valence-electron chi connectivity index (χ0n) is 22.2. The summed E-state index contributed by atoms with van der Waals surface area (Å²) in [5, 5.41) is 3.43. The highest BCUT2D eigenvalue weighted by Gasteiger charge is 2.32. The zero-order valence-corrected chi connectivity index (χ0v) is 23.7. The van der Waals surface area contributed by atoms with Crippen molar-refractivity contribution in [2.75, 3.05) is 37.9 Å². The molecular formula is C26H36ClN3O6S. The summed E-state index contributed by atoms with van der Waals surface area (Å²) in [5.41, 5.74) is 0.988. The first-order valence-electron chi connectivity index (χ1n) is 11.9. The van der Waals surface area contributed by atoms with E-state index < -0.39 is 28.5 Å². The number of carbonyl (C=O) groups excluding carboxylic acids is 2. The van der Waals surface area contributed by atoms with Crippen LogP contribution in [-0.4, -0.2) is 64.7 Å². The van der Waals surface area contributed by atoms with E-state index in [4.69, 9.17) is 21.1 Å². The molecule has 2 rings (SSSR count). The number of anilines is 1. The summed E-state index contributed by atoms with van der Waals surface area (Å²) in [5.74, 6) is 0.145. The summed E-state index contributed by atoms with van der Waals surface area (Å²) < 4.78 is 37.1. The van der Waals surface area contributed by atoms with Crippen molar-refractivity contribution < 1.29 is 27.5 Å². The van der Waals surface area contributed by atoms with E-state index in [1.807, 2.05) is 20.8 Å². The van der Waals surface area contributed by atoms with Crippen LogP contribution in [0.4, 0.5) is 5.69 Å². The third-order valence-corrected chi connectivity index (χ3v) is 7.06. The zero-order chi connectivity index (χ0) is 27.8. The van der Waals surface area contributed by atoms with Gasteiger partial charge < -0.3 is 19.7 Å². The van der Waals surface area contributed by atoms with E-state index in [0.717, 1.165) is 16.1 Å². The molecule has 0 unspecified atom stereocenters. The molecule has 1 N–H and O–H groups in total. The first-order chi connectivity index (χ1) is 17.4. The van der Waals surface area contributed by atoms with Gasteiger partial charge in [-0.3, -0.25) is 13.9 Å². The number of nitrogens with zero attached hydrogens (tertiary/aromatic N) is 2. The van der Waals surface area contributed by atoms with Gasteiger partial charge in [0.1, 0.15) is 12.6 Å². The summed E-state index contributed by atoms with van der Waals surface area (Å²) in [6.45, 7) is 5.82. The Morgan fingerprint density at radius 2 is 1.65 bits per heavy atom. The van der Waals surface area contributed by atoms with Gasteiger partial charge in [-0.1, -0.05) is 44.5 Å². The highest BCUT2D eigenvalue weighted by molar-refractivity contribution is 7.92. The van der Waals surface area contributed by atoms with Gasteiger partial charge in [0.2, 0.25) is 21.8 Å². The maximum atomic E-state index is 13.7. The second kappa shape index (κ2) is 13.5. The van der Waals surface area contributed by atoms with Crippen LogP contribution in [0.25, 0.3) is 0 Å². The Hall–Kier alpha value is -2.98. The number of hydrogen-bond acceptors (Lipinski definition) is 6. The number of amides is 2. The summed E-state index contributed by atoms with van der Waals surface area (Å²) in [6.07, 6.45) is 1.37. The highest BCUT2D eigenvalue weighted by atomic mass is 35.5. The number of hydrogen-bond donors (Lipinski definition) is 1. The van der Waals surface area contributed by atoms with Crippen molar-refractivity contribution in [1.82, 2.24) is 10.2 Å². The summed E-state index contributed by atoms with van der Waals surface area (Å²) in [4.78, 5) is 28.2. The Morgan fingerprint density at radius 3 is 2.16 bits per heavy atom. The lowest BCUT2D eigenvalue weighted by atomic mass is 10.1. The molecule has 0 spiro atoms. The van der Waals surface area contributed by atoms with Crippen LogP contribution in [0.1, 0.15) is 32.8 Å². The molecule has 0 radical (unpaired) electrons. The number of sulfonamides is 1. The fraction of sp³-hybridized carbons (Fsp3) is 0.462. The maximum Gasteiger partial charge on any atom is 0.244 e. The average molecular weight is 554 g/mol. The van der Waals surface area contributed by atoms with Gasteiger partial charge in [-0.05, 0) is 42.2 Å². The van der Waals surface area contributed by atoms with Crippen LogP contribution < -0.4 is 19.1 Å². The Balaban J connectivity index is 2.46. The van der Waals surface area contributed by atoms with E-state index in [1.165, 1.54) is 31.3 Å². The fourth-order valence-corrected chi connectivity index (χ4v) is 4.69. The number of halogens is 1. The molecule has 0 saturated heterocycles. The van der Waals surface area contributed by atoms with Crippen LogP contribution >= 0.6 is 11.6 Å². The molecule has 0 aliphatic heterocycles. The van der Waals surface area contributed by atoms with Gasteiger partial charge in [0.15, 0.2) is 11.5 Å². The third-order valence-electron chi connectivity index (χ3n) is 5.67. The average Bonchev–Trinajstić information content (AvgIpc) is 2.85. The standard InChI is InChI=1S/C26H36ClN3O6S/c1-7-22(26(32)28-15-18(2)3)29(16-19-8-10-20(27)11-9-19)25(31)17-30(37(6,33)34)21-12-13-23(35-4)24(14-21)36-5/h8-14,18,22H,7,15-17H2,1-6H3,(H,28,32)/t22-/m0/s1. The molecule has 2 aromatic rings. The SMILES string of the molecule is CC[C@@H](C(=O)NCC(C)C)N(Cc1ccc(Cl)cc1)C(=O)CN(c1ccc(OC)c(OC)c1)S(C)(=O)=O. The lowest BCUT2D eigenvalue weighted by molar-refractivity contribution is -0.140. The number of ether oxygens (including phenoxy) is 2. The van der Waals surface area contributed by atoms with Crippen LogP contribution in [0.15, 0.2) is 42.5 Å². The Labute approximate surface area is 224 Å². The second-order valence-corrected chi connectivity index (χ2v) is 11.4. The van der Waals surface area contributed by atoms with E-state index in [-0.39, 0.29) is 24.1 Å². The molecule has 0 bridgehead atoms. The number of methoxy groups -OCH3 is 2. The lowest BCUT2D eigenvalue weighted by Gasteiger charge is -2.33. The number of nitrogens with one attached hydrogen (secondary N) is 1. The Kier molecular flexibility index (Phi) is 11.1. The fourth-order valence-electron chi connectivity index (χ4n) is 3.72. The van der Waals surface area contributed by atoms with Crippen molar-refractivity contribution in [1.29, 1.82) is 0 Å². The van der Waals surface area contributed by atoms with Crippen molar-refractivity contribution in [3.05, 3.63) is 53.1 Å².